The number of nitrogens with one attached hydrogen (secondary N) is 1. The van der Waals surface area contributed by atoms with Crippen LogP contribution in [0.25, 0.3) is 0 Å². The molecule has 5 heteroatoms. The molecule has 0 aliphatic heterocycles. The summed E-state index contributed by atoms with van der Waals surface area (Å²) in [5, 5.41) is 7.91. The van der Waals surface area contributed by atoms with Crippen molar-refractivity contribution in [1.29, 1.82) is 0 Å². The fraction of sp³-hybridized carbons (Fsp3) is 0.438. The first-order valence-electron chi connectivity index (χ1n) is 7.15. The molecule has 0 fully saturated rings. The molecule has 2 rings (SSSR count). The van der Waals surface area contributed by atoms with Crippen LogP contribution in [0.1, 0.15) is 42.4 Å². The van der Waals surface area contributed by atoms with Gasteiger partial charge in [-0.15, -0.1) is 0 Å². The lowest BCUT2D eigenvalue weighted by atomic mass is 10.1. The predicted octanol–water partition coefficient (Wildman–Crippen LogP) is 4.27. The molecule has 0 bridgehead atoms. The minimum atomic E-state index is -0.156. The number of aromatic nitrogens is 2. The van der Waals surface area contributed by atoms with Crippen LogP contribution < -0.4 is 5.32 Å². The molecule has 2 aromatic rings. The fourth-order valence-corrected chi connectivity index (χ4v) is 2.71. The number of nitrogens with zero attached hydrogens (tertiary/aromatic N) is 2. The molecule has 1 N–H and O–H groups in total. The summed E-state index contributed by atoms with van der Waals surface area (Å²) in [7, 11) is 0. The van der Waals surface area contributed by atoms with Crippen molar-refractivity contribution in [3.63, 3.8) is 0 Å². The van der Waals surface area contributed by atoms with Crippen LogP contribution in [0.2, 0.25) is 0 Å². The van der Waals surface area contributed by atoms with E-state index in [0.717, 1.165) is 28.0 Å². The molecule has 0 saturated carbocycles. The molecule has 0 amide bonds. The highest BCUT2D eigenvalue weighted by molar-refractivity contribution is 9.10. The lowest BCUT2D eigenvalue weighted by Crippen LogP contribution is -2.20. The first-order valence-corrected chi connectivity index (χ1v) is 7.94. The van der Waals surface area contributed by atoms with E-state index >= 15 is 0 Å². The van der Waals surface area contributed by atoms with Crippen molar-refractivity contribution in [3.05, 3.63) is 51.0 Å². The van der Waals surface area contributed by atoms with Crippen molar-refractivity contribution in [2.45, 2.75) is 46.8 Å². The number of rotatable bonds is 5. The maximum absolute atomic E-state index is 13.6. The number of benzene rings is 1. The Morgan fingerprint density at radius 1 is 1.38 bits per heavy atom. The molecule has 114 valence electrons. The van der Waals surface area contributed by atoms with Crippen LogP contribution >= 0.6 is 15.9 Å². The van der Waals surface area contributed by atoms with Crippen LogP contribution in [0.15, 0.2) is 22.7 Å². The van der Waals surface area contributed by atoms with E-state index in [-0.39, 0.29) is 11.9 Å². The monoisotopic (exact) mass is 353 g/mol. The summed E-state index contributed by atoms with van der Waals surface area (Å²) in [4.78, 5) is 0. The number of hydrogen-bond acceptors (Lipinski definition) is 2. The molecular weight excluding hydrogens is 333 g/mol. The number of hydrogen-bond donors (Lipinski definition) is 1. The van der Waals surface area contributed by atoms with Gasteiger partial charge < -0.3 is 5.32 Å². The lowest BCUT2D eigenvalue weighted by molar-refractivity contribution is 0.526. The maximum atomic E-state index is 13.6. The van der Waals surface area contributed by atoms with Crippen LogP contribution in [-0.4, -0.2) is 9.78 Å². The van der Waals surface area contributed by atoms with E-state index in [1.165, 1.54) is 0 Å². The van der Waals surface area contributed by atoms with Crippen molar-refractivity contribution in [3.8, 4) is 0 Å². The third-order valence-electron chi connectivity index (χ3n) is 3.72. The van der Waals surface area contributed by atoms with Gasteiger partial charge in [-0.2, -0.15) is 5.10 Å². The third kappa shape index (κ3) is 3.52. The van der Waals surface area contributed by atoms with Crippen LogP contribution in [0.4, 0.5) is 4.39 Å². The summed E-state index contributed by atoms with van der Waals surface area (Å²) in [6, 6.07) is 5.46. The minimum Gasteiger partial charge on any atom is -0.305 e. The van der Waals surface area contributed by atoms with Gasteiger partial charge in [-0.25, -0.2) is 4.39 Å². The topological polar surface area (TPSA) is 29.9 Å². The summed E-state index contributed by atoms with van der Waals surface area (Å²) in [6.45, 7) is 9.39. The zero-order valence-corrected chi connectivity index (χ0v) is 14.5. The molecular formula is C16H21BrFN3. The van der Waals surface area contributed by atoms with Crippen LogP contribution in [0.3, 0.4) is 0 Å². The number of aryl methyl sites for hydroxylation is 3. The van der Waals surface area contributed by atoms with Crippen molar-refractivity contribution >= 4 is 15.9 Å². The Labute approximate surface area is 133 Å². The van der Waals surface area contributed by atoms with E-state index in [4.69, 9.17) is 0 Å². The Hall–Kier alpha value is -1.20. The standard InChI is InChI=1S/C16H21BrFN3/c1-5-21-15(16(17)12(4)20-21)9-19-11(3)13-7-6-10(2)14(18)8-13/h6-8,11,19H,5,9H2,1-4H3. The highest BCUT2D eigenvalue weighted by atomic mass is 79.9. The van der Waals surface area contributed by atoms with E-state index in [9.17, 15) is 4.39 Å². The summed E-state index contributed by atoms with van der Waals surface area (Å²) >= 11 is 3.59. The number of halogens is 2. The second kappa shape index (κ2) is 6.71. The normalized spacial score (nSPS) is 12.7. The molecule has 1 aromatic carbocycles. The SMILES string of the molecule is CCn1nc(C)c(Br)c1CNC(C)c1ccc(C)c(F)c1. The molecule has 1 aromatic heterocycles. The van der Waals surface area contributed by atoms with Gasteiger partial charge >= 0.3 is 0 Å². The van der Waals surface area contributed by atoms with E-state index in [2.05, 4.69) is 33.3 Å². The maximum Gasteiger partial charge on any atom is 0.126 e. The molecule has 1 heterocycles. The zero-order valence-electron chi connectivity index (χ0n) is 12.9. The lowest BCUT2D eigenvalue weighted by Gasteiger charge is -2.16. The van der Waals surface area contributed by atoms with Gasteiger partial charge in [0.05, 0.1) is 15.9 Å². The Bertz CT molecular complexity index is 637. The summed E-state index contributed by atoms with van der Waals surface area (Å²) < 4.78 is 16.7. The Kier molecular flexibility index (Phi) is 5.17. The molecule has 0 aliphatic rings. The Morgan fingerprint density at radius 3 is 2.71 bits per heavy atom. The van der Waals surface area contributed by atoms with E-state index in [1.54, 1.807) is 13.0 Å². The Balaban J connectivity index is 2.10. The first kappa shape index (κ1) is 16.2. The van der Waals surface area contributed by atoms with Gasteiger partial charge in [-0.3, -0.25) is 4.68 Å². The van der Waals surface area contributed by atoms with Crippen molar-refractivity contribution < 1.29 is 4.39 Å². The van der Waals surface area contributed by atoms with Crippen LogP contribution in [-0.2, 0) is 13.1 Å². The molecule has 1 unspecified atom stereocenters. The van der Waals surface area contributed by atoms with Crippen LogP contribution in [0.5, 0.6) is 0 Å². The quantitative estimate of drug-likeness (QED) is 0.869. The molecule has 3 nitrogen and oxygen atoms in total. The average molecular weight is 354 g/mol. The summed E-state index contributed by atoms with van der Waals surface area (Å²) in [5.74, 6) is -0.156. The van der Waals surface area contributed by atoms with Gasteiger partial charge in [0.25, 0.3) is 0 Å². The smallest absolute Gasteiger partial charge is 0.126 e. The average Bonchev–Trinajstić information content (AvgIpc) is 2.74. The second-order valence-electron chi connectivity index (χ2n) is 5.27. The van der Waals surface area contributed by atoms with E-state index in [0.29, 0.717) is 12.1 Å². The molecule has 0 saturated heterocycles. The van der Waals surface area contributed by atoms with Gasteiger partial charge in [0, 0.05) is 19.1 Å². The van der Waals surface area contributed by atoms with Gasteiger partial charge in [-0.1, -0.05) is 12.1 Å². The van der Waals surface area contributed by atoms with Gasteiger partial charge in [0.15, 0.2) is 0 Å². The molecule has 0 aliphatic carbocycles. The first-order chi connectivity index (χ1) is 9.93. The molecule has 21 heavy (non-hydrogen) atoms. The molecule has 0 spiro atoms. The predicted molar refractivity (Wildman–Crippen MR) is 86.7 cm³/mol. The summed E-state index contributed by atoms with van der Waals surface area (Å²) in [5.41, 5.74) is 3.74. The largest absolute Gasteiger partial charge is 0.305 e. The molecule has 1 atom stereocenters. The fourth-order valence-electron chi connectivity index (χ4n) is 2.28. The van der Waals surface area contributed by atoms with E-state index in [1.807, 2.05) is 30.7 Å². The van der Waals surface area contributed by atoms with Gasteiger partial charge in [0.1, 0.15) is 5.82 Å². The van der Waals surface area contributed by atoms with Crippen LogP contribution in [0, 0.1) is 19.7 Å². The summed E-state index contributed by atoms with van der Waals surface area (Å²) in [6.07, 6.45) is 0. The van der Waals surface area contributed by atoms with Gasteiger partial charge in [-0.05, 0) is 60.8 Å². The van der Waals surface area contributed by atoms with Gasteiger partial charge in [0.2, 0.25) is 0 Å². The second-order valence-corrected chi connectivity index (χ2v) is 6.07. The Morgan fingerprint density at radius 2 is 2.10 bits per heavy atom. The van der Waals surface area contributed by atoms with Crippen molar-refractivity contribution in [1.82, 2.24) is 15.1 Å². The minimum absolute atomic E-state index is 0.0764. The highest BCUT2D eigenvalue weighted by Crippen LogP contribution is 2.22. The third-order valence-corrected chi connectivity index (χ3v) is 4.76. The highest BCUT2D eigenvalue weighted by Gasteiger charge is 2.14. The van der Waals surface area contributed by atoms with Crippen molar-refractivity contribution in [2.24, 2.45) is 0 Å². The van der Waals surface area contributed by atoms with Crippen molar-refractivity contribution in [2.75, 3.05) is 0 Å². The molecule has 0 radical (unpaired) electrons. The zero-order chi connectivity index (χ0) is 15.6. The van der Waals surface area contributed by atoms with E-state index < -0.39 is 0 Å².